The van der Waals surface area contributed by atoms with Gasteiger partial charge in [0.2, 0.25) is 0 Å². The van der Waals surface area contributed by atoms with Gasteiger partial charge in [-0.25, -0.2) is 0 Å². The number of carbonyl (C=O) groups is 2. The number of aliphatic hydroxyl groups excluding tert-OH is 1. The van der Waals surface area contributed by atoms with E-state index in [0.29, 0.717) is 28.6 Å². The number of carbonyl (C=O) groups excluding carboxylic acids is 2. The molecule has 1 aliphatic rings. The molecular weight excluding hydrogens is 510 g/mol. The quantitative estimate of drug-likeness (QED) is 0.159. The zero-order valence-corrected chi connectivity index (χ0v) is 23.1. The van der Waals surface area contributed by atoms with Crippen molar-refractivity contribution in [3.8, 4) is 5.75 Å². The highest BCUT2D eigenvalue weighted by Crippen LogP contribution is 2.45. The van der Waals surface area contributed by atoms with Crippen molar-refractivity contribution in [2.75, 3.05) is 11.5 Å². The van der Waals surface area contributed by atoms with Crippen LogP contribution in [0.25, 0.3) is 16.5 Å². The molecule has 1 unspecified atom stereocenters. The molecule has 0 aromatic heterocycles. The number of rotatable bonds is 5. The highest BCUT2D eigenvalue weighted by atomic mass is 35.5. The number of anilines is 1. The van der Waals surface area contributed by atoms with Crippen molar-refractivity contribution < 1.29 is 19.4 Å². The number of aliphatic hydroxyl groups is 1. The van der Waals surface area contributed by atoms with Gasteiger partial charge < -0.3 is 9.84 Å². The first-order valence-electron chi connectivity index (χ1n) is 12.9. The van der Waals surface area contributed by atoms with E-state index in [-0.39, 0.29) is 16.7 Å². The van der Waals surface area contributed by atoms with Crippen LogP contribution in [0.5, 0.6) is 5.75 Å². The monoisotopic (exact) mass is 539 g/mol. The number of fused-ring (bicyclic) bond motifs is 1. The molecule has 1 heterocycles. The fourth-order valence-electron chi connectivity index (χ4n) is 5.18. The Bertz CT molecular complexity index is 1610. The maximum absolute atomic E-state index is 13.7. The minimum atomic E-state index is -0.845. The van der Waals surface area contributed by atoms with Gasteiger partial charge in [-0.1, -0.05) is 74.8 Å². The van der Waals surface area contributed by atoms with E-state index in [2.05, 4.69) is 20.8 Å². The molecule has 1 saturated heterocycles. The number of amides is 1. The molecule has 0 spiro atoms. The molecule has 198 valence electrons. The molecule has 39 heavy (non-hydrogen) atoms. The van der Waals surface area contributed by atoms with Gasteiger partial charge in [-0.3, -0.25) is 14.5 Å². The lowest BCUT2D eigenvalue weighted by Gasteiger charge is -2.27. The molecule has 0 saturated carbocycles. The maximum Gasteiger partial charge on any atom is 0.300 e. The Hall–Kier alpha value is -4.09. The predicted molar refractivity (Wildman–Crippen MR) is 156 cm³/mol. The van der Waals surface area contributed by atoms with E-state index in [4.69, 9.17) is 16.3 Å². The second-order valence-electron chi connectivity index (χ2n) is 10.6. The fourth-order valence-corrected chi connectivity index (χ4v) is 5.31. The summed E-state index contributed by atoms with van der Waals surface area (Å²) in [7, 11) is 0. The number of benzene rings is 4. The zero-order chi connectivity index (χ0) is 27.9. The number of hydrogen-bond acceptors (Lipinski definition) is 4. The van der Waals surface area contributed by atoms with Crippen LogP contribution in [0.4, 0.5) is 5.69 Å². The molecule has 5 rings (SSSR count). The highest BCUT2D eigenvalue weighted by molar-refractivity contribution is 6.52. The van der Waals surface area contributed by atoms with E-state index < -0.39 is 17.7 Å². The summed E-state index contributed by atoms with van der Waals surface area (Å²) in [4.78, 5) is 28.7. The van der Waals surface area contributed by atoms with Crippen molar-refractivity contribution in [1.82, 2.24) is 0 Å². The first kappa shape index (κ1) is 26.5. The van der Waals surface area contributed by atoms with Crippen molar-refractivity contribution in [1.29, 1.82) is 0 Å². The van der Waals surface area contributed by atoms with Crippen LogP contribution in [0, 0.1) is 0 Å². The van der Waals surface area contributed by atoms with E-state index in [9.17, 15) is 14.7 Å². The Balaban J connectivity index is 1.78. The Labute approximate surface area is 233 Å². The average Bonchev–Trinajstić information content (AvgIpc) is 3.18. The van der Waals surface area contributed by atoms with Gasteiger partial charge >= 0.3 is 0 Å². The number of ether oxygens (including phenoxy) is 1. The molecule has 1 atom stereocenters. The molecule has 0 aliphatic carbocycles. The molecule has 4 aromatic rings. The smallest absolute Gasteiger partial charge is 0.300 e. The van der Waals surface area contributed by atoms with E-state index >= 15 is 0 Å². The third-order valence-electron chi connectivity index (χ3n) is 7.03. The fraction of sp³-hybridized carbons (Fsp3) is 0.212. The summed E-state index contributed by atoms with van der Waals surface area (Å²) in [5.74, 6) is -0.963. The molecule has 1 N–H and O–H groups in total. The third kappa shape index (κ3) is 4.79. The second-order valence-corrected chi connectivity index (χ2v) is 11.0. The summed E-state index contributed by atoms with van der Waals surface area (Å²) in [6.07, 6.45) is 0. The number of Topliss-reactive ketones (excluding diaryl/α,β-unsaturated/α-hetero) is 1. The van der Waals surface area contributed by atoms with Crippen LogP contribution in [0.1, 0.15) is 50.4 Å². The minimum absolute atomic E-state index is 0.0373. The molecular formula is C33H30ClNO4. The topological polar surface area (TPSA) is 66.8 Å². The van der Waals surface area contributed by atoms with Gasteiger partial charge in [0.15, 0.2) is 0 Å². The van der Waals surface area contributed by atoms with E-state index in [1.165, 1.54) is 4.90 Å². The van der Waals surface area contributed by atoms with Crippen LogP contribution in [-0.2, 0) is 15.0 Å². The van der Waals surface area contributed by atoms with Crippen LogP contribution in [0.15, 0.2) is 90.5 Å². The Morgan fingerprint density at radius 1 is 0.949 bits per heavy atom. The lowest BCUT2D eigenvalue weighted by molar-refractivity contribution is -0.132. The van der Waals surface area contributed by atoms with Crippen molar-refractivity contribution >= 4 is 45.5 Å². The van der Waals surface area contributed by atoms with Crippen LogP contribution in [0.2, 0.25) is 5.02 Å². The molecule has 4 aromatic carbocycles. The first-order chi connectivity index (χ1) is 18.6. The Morgan fingerprint density at radius 2 is 1.64 bits per heavy atom. The molecule has 6 heteroatoms. The van der Waals surface area contributed by atoms with Crippen molar-refractivity contribution in [2.45, 2.75) is 39.2 Å². The number of hydrogen-bond donors (Lipinski definition) is 1. The van der Waals surface area contributed by atoms with Crippen molar-refractivity contribution in [2.24, 2.45) is 0 Å². The van der Waals surface area contributed by atoms with Gasteiger partial charge in [0.25, 0.3) is 11.7 Å². The molecule has 1 fully saturated rings. The summed E-state index contributed by atoms with van der Waals surface area (Å²) >= 11 is 6.13. The highest BCUT2D eigenvalue weighted by Gasteiger charge is 2.47. The van der Waals surface area contributed by atoms with Crippen molar-refractivity contribution in [3.05, 3.63) is 112 Å². The summed E-state index contributed by atoms with van der Waals surface area (Å²) in [6, 6.07) is 24.9. The molecule has 1 amide bonds. The van der Waals surface area contributed by atoms with Crippen LogP contribution >= 0.6 is 11.6 Å². The van der Waals surface area contributed by atoms with E-state index in [1.807, 2.05) is 55.5 Å². The standard InChI is InChI=1S/C33H30ClNO4/c1-5-39-27-18-13-21(19-26(27)33(2,3)4)30(36)28-29(25-12-8-10-20-9-6-7-11-24(20)25)35(32(38)31(28)37)23-16-14-22(34)15-17-23/h6-19,29,36H,5H2,1-4H3/b30-28+. The number of nitrogens with zero attached hydrogens (tertiary/aromatic N) is 1. The van der Waals surface area contributed by atoms with Gasteiger partial charge in [0, 0.05) is 21.8 Å². The van der Waals surface area contributed by atoms with E-state index in [0.717, 1.165) is 21.9 Å². The van der Waals surface area contributed by atoms with Gasteiger partial charge in [-0.05, 0) is 71.1 Å². The van der Waals surface area contributed by atoms with Gasteiger partial charge in [0.1, 0.15) is 11.5 Å². The molecule has 1 aliphatic heterocycles. The van der Waals surface area contributed by atoms with Crippen molar-refractivity contribution in [3.63, 3.8) is 0 Å². The Morgan fingerprint density at radius 3 is 2.33 bits per heavy atom. The lowest BCUT2D eigenvalue weighted by Crippen LogP contribution is -2.29. The molecule has 0 radical (unpaired) electrons. The van der Waals surface area contributed by atoms with Crippen LogP contribution in [0.3, 0.4) is 0 Å². The van der Waals surface area contributed by atoms with E-state index in [1.54, 1.807) is 36.4 Å². The summed E-state index contributed by atoms with van der Waals surface area (Å²) in [5, 5.41) is 14.1. The molecule has 5 nitrogen and oxygen atoms in total. The third-order valence-corrected chi connectivity index (χ3v) is 7.28. The summed E-state index contributed by atoms with van der Waals surface area (Å²) in [5.41, 5.74) is 2.34. The zero-order valence-electron chi connectivity index (χ0n) is 22.4. The Kier molecular flexibility index (Phi) is 6.96. The minimum Gasteiger partial charge on any atom is -0.507 e. The van der Waals surface area contributed by atoms with Crippen LogP contribution in [-0.4, -0.2) is 23.4 Å². The summed E-state index contributed by atoms with van der Waals surface area (Å²) < 4.78 is 5.85. The second kappa shape index (κ2) is 10.2. The number of ketones is 1. The SMILES string of the molecule is CCOc1ccc(/C(O)=C2\C(=O)C(=O)N(c3ccc(Cl)cc3)C2c2cccc3ccccc23)cc1C(C)(C)C. The maximum atomic E-state index is 13.7. The normalized spacial score (nSPS) is 17.2. The lowest BCUT2D eigenvalue weighted by atomic mass is 9.84. The van der Waals surface area contributed by atoms with Gasteiger partial charge in [-0.2, -0.15) is 0 Å². The average molecular weight is 540 g/mol. The predicted octanol–water partition coefficient (Wildman–Crippen LogP) is 7.82. The first-order valence-corrected chi connectivity index (χ1v) is 13.3. The van der Waals surface area contributed by atoms with Crippen LogP contribution < -0.4 is 9.64 Å². The number of halogens is 1. The van der Waals surface area contributed by atoms with Gasteiger partial charge in [0.05, 0.1) is 18.2 Å². The largest absolute Gasteiger partial charge is 0.507 e. The molecule has 0 bridgehead atoms. The van der Waals surface area contributed by atoms with Gasteiger partial charge in [-0.15, -0.1) is 0 Å². The summed E-state index contributed by atoms with van der Waals surface area (Å²) in [6.45, 7) is 8.60.